The number of rotatable bonds is 7. The zero-order chi connectivity index (χ0) is 15.1. The summed E-state index contributed by atoms with van der Waals surface area (Å²) in [6.07, 6.45) is 2.89. The highest BCUT2D eigenvalue weighted by molar-refractivity contribution is 5.75. The van der Waals surface area contributed by atoms with Crippen molar-refractivity contribution >= 4 is 5.97 Å². The van der Waals surface area contributed by atoms with Gasteiger partial charge in [0.25, 0.3) is 0 Å². The molecule has 0 heterocycles. The predicted molar refractivity (Wildman–Crippen MR) is 80.3 cm³/mol. The van der Waals surface area contributed by atoms with Crippen molar-refractivity contribution in [3.05, 3.63) is 0 Å². The molecule has 0 rings (SSSR count). The van der Waals surface area contributed by atoms with Gasteiger partial charge in [0.05, 0.1) is 7.11 Å². The Bertz CT molecular complexity index is 264. The molecule has 4 heteroatoms. The van der Waals surface area contributed by atoms with E-state index >= 15 is 0 Å². The molecule has 0 fully saturated rings. The summed E-state index contributed by atoms with van der Waals surface area (Å²) in [6.45, 7) is 13.6. The first-order chi connectivity index (χ1) is 8.55. The molecule has 0 radical (unpaired) electrons. The number of hydrogen-bond acceptors (Lipinski definition) is 4. The summed E-state index contributed by atoms with van der Waals surface area (Å²) in [6, 6.07) is -0.209. The van der Waals surface area contributed by atoms with Crippen LogP contribution in [0.1, 0.15) is 60.8 Å². The summed E-state index contributed by atoms with van der Waals surface area (Å²) in [4.78, 5) is 11.7. The van der Waals surface area contributed by atoms with E-state index in [9.17, 15) is 4.79 Å². The van der Waals surface area contributed by atoms with Crippen LogP contribution in [0.2, 0.25) is 0 Å². The van der Waals surface area contributed by atoms with Gasteiger partial charge in [-0.25, -0.2) is 0 Å². The van der Waals surface area contributed by atoms with Crippen LogP contribution in [0.5, 0.6) is 0 Å². The molecule has 0 aliphatic heterocycles. The van der Waals surface area contributed by atoms with Gasteiger partial charge in [-0.2, -0.15) is 0 Å². The maximum absolute atomic E-state index is 11.7. The second-order valence-electron chi connectivity index (χ2n) is 7.14. The van der Waals surface area contributed by atoms with E-state index in [1.54, 1.807) is 0 Å². The summed E-state index contributed by atoms with van der Waals surface area (Å²) in [5, 5.41) is 6.77. The van der Waals surface area contributed by atoms with Gasteiger partial charge in [0, 0.05) is 11.1 Å². The highest BCUT2D eigenvalue weighted by atomic mass is 16.5. The minimum Gasteiger partial charge on any atom is -0.468 e. The van der Waals surface area contributed by atoms with E-state index in [2.05, 4.69) is 52.2 Å². The third-order valence-electron chi connectivity index (χ3n) is 2.67. The van der Waals surface area contributed by atoms with Crippen LogP contribution in [0.4, 0.5) is 0 Å². The molecule has 2 N–H and O–H groups in total. The van der Waals surface area contributed by atoms with Crippen LogP contribution >= 0.6 is 0 Å². The molecule has 0 aromatic rings. The van der Waals surface area contributed by atoms with Crippen LogP contribution in [0.3, 0.4) is 0 Å². The smallest absolute Gasteiger partial charge is 0.322 e. The first-order valence-corrected chi connectivity index (χ1v) is 7.16. The lowest BCUT2D eigenvalue weighted by atomic mass is 10.0. The normalized spacial score (nSPS) is 14.3. The van der Waals surface area contributed by atoms with Crippen molar-refractivity contribution in [2.75, 3.05) is 13.7 Å². The molecule has 0 aromatic carbocycles. The Morgan fingerprint density at radius 2 is 1.63 bits per heavy atom. The number of carbonyl (C=O) groups is 1. The fourth-order valence-corrected chi connectivity index (χ4v) is 1.85. The third-order valence-corrected chi connectivity index (χ3v) is 2.67. The Morgan fingerprint density at radius 3 is 2.05 bits per heavy atom. The molecule has 0 saturated carbocycles. The molecule has 0 spiro atoms. The monoisotopic (exact) mass is 272 g/mol. The van der Waals surface area contributed by atoms with Crippen molar-refractivity contribution < 1.29 is 9.53 Å². The first kappa shape index (κ1) is 18.4. The summed E-state index contributed by atoms with van der Waals surface area (Å²) in [5.74, 6) is -0.168. The molecule has 19 heavy (non-hydrogen) atoms. The van der Waals surface area contributed by atoms with Crippen LogP contribution in [-0.2, 0) is 9.53 Å². The minimum absolute atomic E-state index is 0.0808. The van der Waals surface area contributed by atoms with Crippen molar-refractivity contribution in [2.24, 2.45) is 0 Å². The van der Waals surface area contributed by atoms with Gasteiger partial charge in [-0.05, 0) is 60.9 Å². The van der Waals surface area contributed by atoms with Crippen LogP contribution in [0.15, 0.2) is 0 Å². The Balaban J connectivity index is 4.04. The molecule has 0 aliphatic rings. The van der Waals surface area contributed by atoms with Gasteiger partial charge in [-0.1, -0.05) is 6.42 Å². The van der Waals surface area contributed by atoms with Gasteiger partial charge in [0.15, 0.2) is 0 Å². The topological polar surface area (TPSA) is 50.4 Å². The molecule has 1 atom stereocenters. The fourth-order valence-electron chi connectivity index (χ4n) is 1.85. The van der Waals surface area contributed by atoms with E-state index in [-0.39, 0.29) is 23.1 Å². The van der Waals surface area contributed by atoms with Gasteiger partial charge in [0.2, 0.25) is 0 Å². The standard InChI is InChI=1S/C15H32N2O2/c1-14(2,3)16-11-9-8-10-12(13(18)19-7)17-15(4,5)6/h12,16-17H,8-11H2,1-7H3/t12-/m0/s1. The van der Waals surface area contributed by atoms with Gasteiger partial charge >= 0.3 is 5.97 Å². The van der Waals surface area contributed by atoms with Crippen molar-refractivity contribution in [1.29, 1.82) is 0 Å². The maximum atomic E-state index is 11.7. The van der Waals surface area contributed by atoms with Gasteiger partial charge in [-0.15, -0.1) is 0 Å². The molecule has 0 aromatic heterocycles. The number of nitrogens with one attached hydrogen (secondary N) is 2. The Morgan fingerprint density at radius 1 is 1.05 bits per heavy atom. The average Bonchev–Trinajstić information content (AvgIpc) is 2.22. The van der Waals surface area contributed by atoms with Crippen LogP contribution in [0.25, 0.3) is 0 Å². The zero-order valence-electron chi connectivity index (χ0n) is 13.7. The summed E-state index contributed by atoms with van der Waals surface area (Å²) in [5.41, 5.74) is 0.0773. The Kier molecular flexibility index (Phi) is 7.60. The molecule has 0 unspecified atom stereocenters. The molecular weight excluding hydrogens is 240 g/mol. The van der Waals surface area contributed by atoms with Crippen molar-refractivity contribution in [1.82, 2.24) is 10.6 Å². The lowest BCUT2D eigenvalue weighted by Gasteiger charge is -2.27. The molecule has 4 nitrogen and oxygen atoms in total. The van der Waals surface area contributed by atoms with Crippen LogP contribution in [0, 0.1) is 0 Å². The van der Waals surface area contributed by atoms with Crippen LogP contribution in [-0.4, -0.2) is 36.7 Å². The van der Waals surface area contributed by atoms with Gasteiger partial charge in [-0.3, -0.25) is 10.1 Å². The number of hydrogen-bond donors (Lipinski definition) is 2. The largest absolute Gasteiger partial charge is 0.468 e. The second kappa shape index (κ2) is 7.85. The molecule has 0 amide bonds. The summed E-state index contributed by atoms with van der Waals surface area (Å²) in [7, 11) is 1.45. The lowest BCUT2D eigenvalue weighted by molar-refractivity contribution is -0.143. The van der Waals surface area contributed by atoms with E-state index in [0.717, 1.165) is 25.8 Å². The van der Waals surface area contributed by atoms with E-state index < -0.39 is 0 Å². The average molecular weight is 272 g/mol. The maximum Gasteiger partial charge on any atom is 0.322 e. The predicted octanol–water partition coefficient (Wildman–Crippen LogP) is 2.47. The Hall–Kier alpha value is -0.610. The number of carbonyl (C=O) groups excluding carboxylic acids is 1. The second-order valence-corrected chi connectivity index (χ2v) is 7.14. The number of ether oxygens (including phenoxy) is 1. The first-order valence-electron chi connectivity index (χ1n) is 7.16. The molecule has 0 aliphatic carbocycles. The van der Waals surface area contributed by atoms with Crippen molar-refractivity contribution in [2.45, 2.75) is 77.9 Å². The summed E-state index contributed by atoms with van der Waals surface area (Å²) < 4.78 is 4.85. The zero-order valence-corrected chi connectivity index (χ0v) is 13.7. The van der Waals surface area contributed by atoms with E-state index in [4.69, 9.17) is 4.74 Å². The minimum atomic E-state index is -0.209. The quantitative estimate of drug-likeness (QED) is 0.552. The highest BCUT2D eigenvalue weighted by Crippen LogP contribution is 2.09. The third kappa shape index (κ3) is 11.0. The van der Waals surface area contributed by atoms with Crippen molar-refractivity contribution in [3.8, 4) is 0 Å². The van der Waals surface area contributed by atoms with Gasteiger partial charge < -0.3 is 10.1 Å². The van der Waals surface area contributed by atoms with E-state index in [1.165, 1.54) is 7.11 Å². The van der Waals surface area contributed by atoms with Gasteiger partial charge in [0.1, 0.15) is 6.04 Å². The molecule has 0 saturated heterocycles. The number of methoxy groups -OCH3 is 1. The van der Waals surface area contributed by atoms with E-state index in [1.807, 2.05) is 0 Å². The number of unbranched alkanes of at least 4 members (excludes halogenated alkanes) is 1. The number of esters is 1. The van der Waals surface area contributed by atoms with Crippen molar-refractivity contribution in [3.63, 3.8) is 0 Å². The molecular formula is C15H32N2O2. The van der Waals surface area contributed by atoms with Crippen LogP contribution < -0.4 is 10.6 Å². The Labute approximate surface area is 118 Å². The lowest BCUT2D eigenvalue weighted by Crippen LogP contribution is -2.48. The molecule has 0 bridgehead atoms. The molecule has 114 valence electrons. The summed E-state index contributed by atoms with van der Waals surface area (Å²) >= 11 is 0. The fraction of sp³-hybridized carbons (Fsp3) is 0.933. The van der Waals surface area contributed by atoms with E-state index in [0.29, 0.717) is 0 Å². The highest BCUT2D eigenvalue weighted by Gasteiger charge is 2.23. The SMILES string of the molecule is COC(=O)[C@H](CCCCNC(C)(C)C)NC(C)(C)C.